The summed E-state index contributed by atoms with van der Waals surface area (Å²) in [7, 11) is 0. The first-order chi connectivity index (χ1) is 13.9. The van der Waals surface area contributed by atoms with Gasteiger partial charge in [0.05, 0.1) is 11.1 Å². The van der Waals surface area contributed by atoms with Crippen molar-refractivity contribution in [3.63, 3.8) is 0 Å². The average molecular weight is 420 g/mol. The van der Waals surface area contributed by atoms with Gasteiger partial charge in [-0.25, -0.2) is 18.4 Å². The fourth-order valence-corrected chi connectivity index (χ4v) is 4.55. The summed E-state index contributed by atoms with van der Waals surface area (Å²) in [6.07, 6.45) is -2.61. The van der Waals surface area contributed by atoms with Gasteiger partial charge < -0.3 is 4.90 Å². The Labute approximate surface area is 171 Å². The van der Waals surface area contributed by atoms with E-state index in [4.69, 9.17) is 0 Å². The normalized spacial score (nSPS) is 15.6. The van der Waals surface area contributed by atoms with Crippen LogP contribution in [0.1, 0.15) is 28.3 Å². The maximum Gasteiger partial charge on any atom is 0.264 e. The lowest BCUT2D eigenvalue weighted by molar-refractivity contribution is -0.133. The van der Waals surface area contributed by atoms with Gasteiger partial charge in [-0.15, -0.1) is 11.3 Å². The molecule has 1 saturated heterocycles. The number of thiophene rings is 1. The molecule has 1 aliphatic rings. The summed E-state index contributed by atoms with van der Waals surface area (Å²) in [4.78, 5) is 22.7. The minimum Gasteiger partial charge on any atom is -0.339 e. The molecule has 0 spiro atoms. The number of fused-ring (bicyclic) bond motifs is 1. The zero-order valence-electron chi connectivity index (χ0n) is 16.4. The van der Waals surface area contributed by atoms with Crippen LogP contribution in [0.2, 0.25) is 0 Å². The molecule has 0 atom stereocenters. The first-order valence-corrected chi connectivity index (χ1v) is 10.5. The van der Waals surface area contributed by atoms with E-state index in [9.17, 15) is 13.6 Å². The molecule has 4 heterocycles. The summed E-state index contributed by atoms with van der Waals surface area (Å²) in [6, 6.07) is 5.56. The van der Waals surface area contributed by atoms with Gasteiger partial charge in [-0.1, -0.05) is 6.07 Å². The summed E-state index contributed by atoms with van der Waals surface area (Å²) in [5.41, 5.74) is 1.23. The molecule has 154 valence electrons. The molecule has 0 unspecified atom stereocenters. The highest BCUT2D eigenvalue weighted by molar-refractivity contribution is 7.09. The van der Waals surface area contributed by atoms with Crippen LogP contribution in [-0.2, 0) is 17.9 Å². The summed E-state index contributed by atoms with van der Waals surface area (Å²) < 4.78 is 28.4. The SMILES string of the molecule is Cc1cc(C(F)F)c2c(C)nn(CC(=O)N3CCN(Cc4cccs4)CC3)c2n1. The van der Waals surface area contributed by atoms with Crippen molar-refractivity contribution in [3.8, 4) is 0 Å². The van der Waals surface area contributed by atoms with Crippen molar-refractivity contribution in [3.05, 3.63) is 45.4 Å². The van der Waals surface area contributed by atoms with Crippen LogP contribution in [-0.4, -0.2) is 56.7 Å². The third-order valence-corrected chi connectivity index (χ3v) is 6.10. The van der Waals surface area contributed by atoms with Gasteiger partial charge in [-0.2, -0.15) is 5.10 Å². The fraction of sp³-hybridized carbons (Fsp3) is 0.450. The minimum atomic E-state index is -2.61. The number of hydrogen-bond donors (Lipinski definition) is 0. The van der Waals surface area contributed by atoms with Crippen LogP contribution in [0, 0.1) is 13.8 Å². The molecule has 1 fully saturated rings. The molecule has 29 heavy (non-hydrogen) atoms. The van der Waals surface area contributed by atoms with Crippen molar-refractivity contribution >= 4 is 28.3 Å². The van der Waals surface area contributed by atoms with E-state index in [1.54, 1.807) is 25.2 Å². The molecule has 3 aromatic rings. The van der Waals surface area contributed by atoms with E-state index in [0.717, 1.165) is 19.6 Å². The molecule has 1 aliphatic heterocycles. The monoisotopic (exact) mass is 419 g/mol. The lowest BCUT2D eigenvalue weighted by Crippen LogP contribution is -2.49. The van der Waals surface area contributed by atoms with Crippen molar-refractivity contribution in [1.29, 1.82) is 0 Å². The Bertz CT molecular complexity index is 1010. The third kappa shape index (κ3) is 4.16. The maximum atomic E-state index is 13.4. The molecular formula is C20H23F2N5OS. The molecule has 0 aromatic carbocycles. The Morgan fingerprint density at radius 3 is 2.66 bits per heavy atom. The van der Waals surface area contributed by atoms with Gasteiger partial charge in [-0.05, 0) is 31.4 Å². The molecule has 0 radical (unpaired) electrons. The summed E-state index contributed by atoms with van der Waals surface area (Å²) in [6.45, 7) is 7.19. The standard InChI is InChI=1S/C20H23F2N5OS/c1-13-10-16(19(21)22)18-14(2)24-27(20(18)23-13)12-17(28)26-7-5-25(6-8-26)11-15-4-3-9-29-15/h3-4,9-10,19H,5-8,11-12H2,1-2H3. The maximum absolute atomic E-state index is 13.4. The number of halogens is 2. The molecule has 1 amide bonds. The second-order valence-corrected chi connectivity index (χ2v) is 8.36. The number of rotatable bonds is 5. The molecule has 0 saturated carbocycles. The van der Waals surface area contributed by atoms with Gasteiger partial charge in [0.1, 0.15) is 6.54 Å². The van der Waals surface area contributed by atoms with E-state index >= 15 is 0 Å². The second-order valence-electron chi connectivity index (χ2n) is 7.33. The average Bonchev–Trinajstić information content (AvgIpc) is 3.30. The topological polar surface area (TPSA) is 54.3 Å². The van der Waals surface area contributed by atoms with Crippen molar-refractivity contribution in [2.24, 2.45) is 0 Å². The van der Waals surface area contributed by atoms with E-state index in [0.29, 0.717) is 35.5 Å². The number of piperazine rings is 1. The largest absolute Gasteiger partial charge is 0.339 e. The molecule has 4 rings (SSSR count). The van der Waals surface area contributed by atoms with Gasteiger partial charge in [-0.3, -0.25) is 9.69 Å². The Hall–Kier alpha value is -2.39. The Balaban J connectivity index is 1.46. The van der Waals surface area contributed by atoms with Crippen LogP contribution in [0.4, 0.5) is 8.78 Å². The number of hydrogen-bond acceptors (Lipinski definition) is 5. The zero-order chi connectivity index (χ0) is 20.5. The summed E-state index contributed by atoms with van der Waals surface area (Å²) in [5.74, 6) is -0.0629. The number of nitrogens with zero attached hydrogens (tertiary/aromatic N) is 5. The number of amides is 1. The van der Waals surface area contributed by atoms with Gasteiger partial charge in [0, 0.05) is 48.9 Å². The van der Waals surface area contributed by atoms with Crippen LogP contribution < -0.4 is 0 Å². The molecule has 0 aliphatic carbocycles. The number of carbonyl (C=O) groups excluding carboxylic acids is 1. The lowest BCUT2D eigenvalue weighted by atomic mass is 10.1. The van der Waals surface area contributed by atoms with Gasteiger partial charge in [0.2, 0.25) is 5.91 Å². The molecule has 0 N–H and O–H groups in total. The van der Waals surface area contributed by atoms with E-state index in [1.165, 1.54) is 15.6 Å². The number of alkyl halides is 2. The number of pyridine rings is 1. The van der Waals surface area contributed by atoms with Crippen LogP contribution in [0.3, 0.4) is 0 Å². The van der Waals surface area contributed by atoms with Crippen molar-refractivity contribution in [1.82, 2.24) is 24.6 Å². The second kappa shape index (κ2) is 8.16. The number of aryl methyl sites for hydroxylation is 2. The Morgan fingerprint density at radius 1 is 1.24 bits per heavy atom. The minimum absolute atomic E-state index is 0.00833. The predicted octanol–water partition coefficient (Wildman–Crippen LogP) is 3.39. The van der Waals surface area contributed by atoms with E-state index in [2.05, 4.69) is 26.4 Å². The molecule has 9 heteroatoms. The molecule has 6 nitrogen and oxygen atoms in total. The van der Waals surface area contributed by atoms with Crippen molar-refractivity contribution < 1.29 is 13.6 Å². The van der Waals surface area contributed by atoms with E-state index in [1.807, 2.05) is 11.0 Å². The molecule has 3 aromatic heterocycles. The third-order valence-electron chi connectivity index (χ3n) is 5.24. The van der Waals surface area contributed by atoms with E-state index < -0.39 is 6.43 Å². The van der Waals surface area contributed by atoms with Crippen LogP contribution in [0.25, 0.3) is 11.0 Å². The highest BCUT2D eigenvalue weighted by atomic mass is 32.1. The molecule has 0 bridgehead atoms. The van der Waals surface area contributed by atoms with Gasteiger partial charge in [0.25, 0.3) is 6.43 Å². The number of carbonyl (C=O) groups is 1. The van der Waals surface area contributed by atoms with Crippen molar-refractivity contribution in [2.75, 3.05) is 26.2 Å². The van der Waals surface area contributed by atoms with Crippen LogP contribution >= 0.6 is 11.3 Å². The predicted molar refractivity (Wildman–Crippen MR) is 108 cm³/mol. The van der Waals surface area contributed by atoms with Crippen molar-refractivity contribution in [2.45, 2.75) is 33.4 Å². The first-order valence-electron chi connectivity index (χ1n) is 9.57. The zero-order valence-corrected chi connectivity index (χ0v) is 17.3. The first kappa shape index (κ1) is 19.9. The Morgan fingerprint density at radius 2 is 2.00 bits per heavy atom. The summed E-state index contributed by atoms with van der Waals surface area (Å²) >= 11 is 1.74. The van der Waals surface area contributed by atoms with Gasteiger partial charge >= 0.3 is 0 Å². The lowest BCUT2D eigenvalue weighted by Gasteiger charge is -2.34. The summed E-state index contributed by atoms with van der Waals surface area (Å²) in [5, 5.41) is 6.75. The molecular weight excluding hydrogens is 396 g/mol. The van der Waals surface area contributed by atoms with E-state index in [-0.39, 0.29) is 18.0 Å². The number of aromatic nitrogens is 3. The smallest absolute Gasteiger partial charge is 0.264 e. The van der Waals surface area contributed by atoms with Crippen LogP contribution in [0.15, 0.2) is 23.6 Å². The van der Waals surface area contributed by atoms with Gasteiger partial charge in [0.15, 0.2) is 5.65 Å². The highest BCUT2D eigenvalue weighted by Crippen LogP contribution is 2.30. The van der Waals surface area contributed by atoms with Crippen LogP contribution in [0.5, 0.6) is 0 Å². The highest BCUT2D eigenvalue weighted by Gasteiger charge is 2.24. The Kier molecular flexibility index (Phi) is 5.60. The quantitative estimate of drug-likeness (QED) is 0.636. The fourth-order valence-electron chi connectivity index (χ4n) is 3.81.